The van der Waals surface area contributed by atoms with Crippen LogP contribution in [0.1, 0.15) is 33.6 Å². The van der Waals surface area contributed by atoms with E-state index in [2.05, 4.69) is 19.2 Å². The van der Waals surface area contributed by atoms with Crippen LogP contribution in [-0.2, 0) is 4.74 Å². The molecule has 0 radical (unpaired) electrons. The summed E-state index contributed by atoms with van der Waals surface area (Å²) >= 11 is 6.27. The van der Waals surface area contributed by atoms with Gasteiger partial charge in [0.25, 0.3) is 0 Å². The molecule has 2 aliphatic rings. The minimum atomic E-state index is 0.163. The minimum absolute atomic E-state index is 0.163. The lowest BCUT2D eigenvalue weighted by atomic mass is 9.55. The van der Waals surface area contributed by atoms with Gasteiger partial charge in [-0.05, 0) is 38.0 Å². The summed E-state index contributed by atoms with van der Waals surface area (Å²) in [7, 11) is 0. The first-order chi connectivity index (χ1) is 10.0. The van der Waals surface area contributed by atoms with Gasteiger partial charge in [-0.3, -0.25) is 0 Å². The first-order valence-electron chi connectivity index (χ1n) is 7.84. The van der Waals surface area contributed by atoms with Gasteiger partial charge >= 0.3 is 0 Å². The molecule has 0 bridgehead atoms. The van der Waals surface area contributed by atoms with Crippen LogP contribution in [-0.4, -0.2) is 25.4 Å². The van der Waals surface area contributed by atoms with E-state index in [9.17, 15) is 0 Å². The molecule has 3 atom stereocenters. The predicted octanol–water partition coefficient (Wildman–Crippen LogP) is 4.35. The summed E-state index contributed by atoms with van der Waals surface area (Å²) in [6.07, 6.45) is 2.80. The summed E-state index contributed by atoms with van der Waals surface area (Å²) in [6, 6.07) is 6.38. The largest absolute Gasteiger partial charge is 0.492 e. The van der Waals surface area contributed by atoms with Gasteiger partial charge in [-0.2, -0.15) is 0 Å². The molecule has 1 aromatic carbocycles. The van der Waals surface area contributed by atoms with Gasteiger partial charge in [-0.15, -0.1) is 0 Å². The van der Waals surface area contributed by atoms with Crippen LogP contribution in [0.2, 0.25) is 5.02 Å². The number of anilines is 1. The molecular weight excluding hydrogens is 286 g/mol. The molecule has 3 nitrogen and oxygen atoms in total. The zero-order chi connectivity index (χ0) is 15.0. The molecule has 0 amide bonds. The van der Waals surface area contributed by atoms with E-state index in [1.54, 1.807) is 0 Å². The van der Waals surface area contributed by atoms with Crippen molar-refractivity contribution in [1.82, 2.24) is 0 Å². The molecule has 3 rings (SSSR count). The van der Waals surface area contributed by atoms with Crippen molar-refractivity contribution >= 4 is 17.3 Å². The fourth-order valence-corrected chi connectivity index (χ4v) is 4.09. The fraction of sp³-hybridized carbons (Fsp3) is 0.647. The van der Waals surface area contributed by atoms with Gasteiger partial charge in [-0.25, -0.2) is 0 Å². The summed E-state index contributed by atoms with van der Waals surface area (Å²) in [4.78, 5) is 0. The third-order valence-corrected chi connectivity index (χ3v) is 5.18. The Hall–Kier alpha value is -0.930. The monoisotopic (exact) mass is 309 g/mol. The Bertz CT molecular complexity index is 518. The molecule has 3 unspecified atom stereocenters. The van der Waals surface area contributed by atoms with E-state index in [-0.39, 0.29) is 5.41 Å². The second-order valence-corrected chi connectivity index (χ2v) is 7.03. The second kappa shape index (κ2) is 5.69. The highest BCUT2D eigenvalue weighted by atomic mass is 35.5. The second-order valence-electron chi connectivity index (χ2n) is 6.62. The normalized spacial score (nSPS) is 30.2. The van der Waals surface area contributed by atoms with E-state index in [4.69, 9.17) is 21.1 Å². The van der Waals surface area contributed by atoms with Gasteiger partial charge in [0.15, 0.2) is 0 Å². The van der Waals surface area contributed by atoms with Crippen LogP contribution in [0, 0.1) is 11.3 Å². The fourth-order valence-electron chi connectivity index (χ4n) is 3.86. The molecule has 21 heavy (non-hydrogen) atoms. The van der Waals surface area contributed by atoms with E-state index in [1.807, 2.05) is 25.1 Å². The third-order valence-electron chi connectivity index (χ3n) is 4.88. The van der Waals surface area contributed by atoms with Crippen LogP contribution < -0.4 is 10.1 Å². The van der Waals surface area contributed by atoms with Crippen LogP contribution in [0.15, 0.2) is 18.2 Å². The van der Waals surface area contributed by atoms with Crippen molar-refractivity contribution in [1.29, 1.82) is 0 Å². The number of nitrogens with one attached hydrogen (secondary N) is 1. The third kappa shape index (κ3) is 2.62. The van der Waals surface area contributed by atoms with E-state index < -0.39 is 0 Å². The van der Waals surface area contributed by atoms with Gasteiger partial charge < -0.3 is 14.8 Å². The van der Waals surface area contributed by atoms with Gasteiger partial charge in [0.05, 0.1) is 17.7 Å². The van der Waals surface area contributed by atoms with Crippen LogP contribution in [0.25, 0.3) is 0 Å². The van der Waals surface area contributed by atoms with Crippen molar-refractivity contribution < 1.29 is 9.47 Å². The van der Waals surface area contributed by atoms with Gasteiger partial charge in [0.1, 0.15) is 5.75 Å². The highest BCUT2D eigenvalue weighted by Gasteiger charge is 2.57. The van der Waals surface area contributed by atoms with Crippen molar-refractivity contribution in [3.8, 4) is 5.75 Å². The molecule has 2 fully saturated rings. The molecule has 1 saturated heterocycles. The van der Waals surface area contributed by atoms with Gasteiger partial charge in [-0.1, -0.05) is 25.4 Å². The van der Waals surface area contributed by atoms with Gasteiger partial charge in [0.2, 0.25) is 0 Å². The SMILES string of the molecule is CCOc1ccc(NC2C3CCCOC3C2(C)C)cc1Cl. The summed E-state index contributed by atoms with van der Waals surface area (Å²) < 4.78 is 11.4. The lowest BCUT2D eigenvalue weighted by molar-refractivity contribution is -0.177. The average molecular weight is 310 g/mol. The Morgan fingerprint density at radius 1 is 1.43 bits per heavy atom. The molecule has 1 aliphatic carbocycles. The molecule has 0 aromatic heterocycles. The van der Waals surface area contributed by atoms with E-state index in [1.165, 1.54) is 12.8 Å². The summed E-state index contributed by atoms with van der Waals surface area (Å²) in [6.45, 7) is 8.07. The van der Waals surface area contributed by atoms with E-state index in [0.29, 0.717) is 29.7 Å². The molecular formula is C17H24ClNO2. The molecule has 1 heterocycles. The Morgan fingerprint density at radius 3 is 2.95 bits per heavy atom. The molecule has 4 heteroatoms. The smallest absolute Gasteiger partial charge is 0.138 e. The minimum Gasteiger partial charge on any atom is -0.492 e. The zero-order valence-electron chi connectivity index (χ0n) is 13.0. The van der Waals surface area contributed by atoms with Crippen LogP contribution >= 0.6 is 11.6 Å². The quantitative estimate of drug-likeness (QED) is 0.896. The predicted molar refractivity (Wildman–Crippen MR) is 86.3 cm³/mol. The molecule has 0 spiro atoms. The maximum atomic E-state index is 6.27. The Kier molecular flexibility index (Phi) is 4.06. The van der Waals surface area contributed by atoms with Crippen LogP contribution in [0.4, 0.5) is 5.69 Å². The number of ether oxygens (including phenoxy) is 2. The van der Waals surface area contributed by atoms with Crippen molar-refractivity contribution in [2.45, 2.75) is 45.8 Å². The first kappa shape index (κ1) is 15.0. The lowest BCUT2D eigenvalue weighted by Crippen LogP contribution is -2.67. The number of benzene rings is 1. The van der Waals surface area contributed by atoms with Crippen molar-refractivity contribution in [2.75, 3.05) is 18.5 Å². The molecule has 116 valence electrons. The zero-order valence-corrected chi connectivity index (χ0v) is 13.7. The summed E-state index contributed by atoms with van der Waals surface area (Å²) in [5, 5.41) is 4.32. The standard InChI is InChI=1S/C17H24ClNO2/c1-4-20-14-8-7-11(10-13(14)18)19-15-12-6-5-9-21-16(12)17(15,2)3/h7-8,10,12,15-16,19H,4-6,9H2,1-3H3. The van der Waals surface area contributed by atoms with Crippen LogP contribution in [0.3, 0.4) is 0 Å². The molecule has 1 aromatic rings. The van der Waals surface area contributed by atoms with Gasteiger partial charge in [0, 0.05) is 29.7 Å². The highest BCUT2D eigenvalue weighted by Crippen LogP contribution is 2.52. The number of hydrogen-bond donors (Lipinski definition) is 1. The van der Waals surface area contributed by atoms with Crippen molar-refractivity contribution in [3.63, 3.8) is 0 Å². The average Bonchev–Trinajstić information content (AvgIpc) is 2.47. The number of halogens is 1. The lowest BCUT2D eigenvalue weighted by Gasteiger charge is -2.60. The number of fused-ring (bicyclic) bond motifs is 1. The first-order valence-corrected chi connectivity index (χ1v) is 8.22. The number of rotatable bonds is 4. The Balaban J connectivity index is 1.73. The maximum absolute atomic E-state index is 6.27. The number of hydrogen-bond acceptors (Lipinski definition) is 3. The Labute approximate surface area is 132 Å². The van der Waals surface area contributed by atoms with Crippen LogP contribution in [0.5, 0.6) is 5.75 Å². The Morgan fingerprint density at radius 2 is 2.24 bits per heavy atom. The topological polar surface area (TPSA) is 30.5 Å². The summed E-state index contributed by atoms with van der Waals surface area (Å²) in [5.74, 6) is 1.36. The van der Waals surface area contributed by atoms with E-state index in [0.717, 1.165) is 18.0 Å². The molecule has 1 aliphatic heterocycles. The van der Waals surface area contributed by atoms with Crippen molar-refractivity contribution in [3.05, 3.63) is 23.2 Å². The van der Waals surface area contributed by atoms with E-state index >= 15 is 0 Å². The molecule has 1 N–H and O–H groups in total. The maximum Gasteiger partial charge on any atom is 0.138 e. The highest BCUT2D eigenvalue weighted by molar-refractivity contribution is 6.32. The summed E-state index contributed by atoms with van der Waals surface area (Å²) in [5.41, 5.74) is 1.22. The van der Waals surface area contributed by atoms with Crippen molar-refractivity contribution in [2.24, 2.45) is 11.3 Å². The molecule has 1 saturated carbocycles.